The summed E-state index contributed by atoms with van der Waals surface area (Å²) in [5.41, 5.74) is 6.77. The van der Waals surface area contributed by atoms with Crippen molar-refractivity contribution in [2.24, 2.45) is 0 Å². The van der Waals surface area contributed by atoms with E-state index >= 15 is 0 Å². The summed E-state index contributed by atoms with van der Waals surface area (Å²) < 4.78 is 0. The van der Waals surface area contributed by atoms with Gasteiger partial charge in [-0.25, -0.2) is 0 Å². The summed E-state index contributed by atoms with van der Waals surface area (Å²) in [5, 5.41) is 4.71. The lowest BCUT2D eigenvalue weighted by Crippen LogP contribution is -2.35. The third-order valence-electron chi connectivity index (χ3n) is 5.73. The van der Waals surface area contributed by atoms with Gasteiger partial charge in [0.15, 0.2) is 0 Å². The summed E-state index contributed by atoms with van der Waals surface area (Å²) in [7, 11) is 4.24. The minimum atomic E-state index is -0.0122. The normalized spacial score (nSPS) is 18.5. The Morgan fingerprint density at radius 1 is 1.12 bits per heavy atom. The highest BCUT2D eigenvalue weighted by Gasteiger charge is 2.28. The lowest BCUT2D eigenvalue weighted by molar-refractivity contribution is 0.293. The molecule has 1 atom stereocenters. The fourth-order valence-corrected chi connectivity index (χ4v) is 3.93. The van der Waals surface area contributed by atoms with Crippen LogP contribution >= 0.6 is 0 Å². The predicted molar refractivity (Wildman–Crippen MR) is 105 cm³/mol. The number of likely N-dealkylation sites (N-methyl/N-ethyl adjacent to an activating group) is 1. The molecule has 130 valence electrons. The zero-order chi connectivity index (χ0) is 17.6. The quantitative estimate of drug-likeness (QED) is 0.753. The van der Waals surface area contributed by atoms with Gasteiger partial charge in [0.05, 0.1) is 0 Å². The van der Waals surface area contributed by atoms with Gasteiger partial charge in [-0.05, 0) is 62.2 Å². The molecule has 0 spiro atoms. The molecule has 1 aromatic heterocycles. The summed E-state index contributed by atoms with van der Waals surface area (Å²) in [4.78, 5) is 6.07. The molecule has 3 nitrogen and oxygen atoms in total. The Labute approximate surface area is 150 Å². The smallest absolute Gasteiger partial charge is 0.0456 e. The lowest BCUT2D eigenvalue weighted by atomic mass is 9.83. The summed E-state index contributed by atoms with van der Waals surface area (Å²) in [6.45, 7) is 6.53. The van der Waals surface area contributed by atoms with Crippen LogP contribution < -0.4 is 5.32 Å². The number of aromatic amines is 1. The van der Waals surface area contributed by atoms with Crippen molar-refractivity contribution in [1.29, 1.82) is 0 Å². The second kappa shape index (κ2) is 6.01. The van der Waals surface area contributed by atoms with Crippen LogP contribution in [-0.4, -0.2) is 30.5 Å². The minimum absolute atomic E-state index is 0.0122. The van der Waals surface area contributed by atoms with Gasteiger partial charge in [0.25, 0.3) is 0 Å². The topological polar surface area (TPSA) is 31.1 Å². The highest BCUT2D eigenvalue weighted by atomic mass is 15.1. The first-order valence-corrected chi connectivity index (χ1v) is 9.06. The van der Waals surface area contributed by atoms with E-state index in [1.54, 1.807) is 0 Å². The molecule has 0 aliphatic carbocycles. The number of H-pyrrole nitrogens is 1. The highest BCUT2D eigenvalue weighted by molar-refractivity contribution is 5.80. The largest absolute Gasteiger partial charge is 0.358 e. The maximum atomic E-state index is 3.64. The first-order valence-electron chi connectivity index (χ1n) is 9.06. The van der Waals surface area contributed by atoms with Gasteiger partial charge in [0.1, 0.15) is 0 Å². The standard InChI is InChI=1S/C22H27N3/c1-22(2,23-3)17-9-10-18-16(11-17)13-25(4)14-19(18)21-12-15-7-5-6-8-20(15)24-21/h5-12,19,23-24H,13-14H2,1-4H3. The van der Waals surface area contributed by atoms with Crippen LogP contribution in [0.1, 0.15) is 42.1 Å². The molecule has 1 aliphatic heterocycles. The molecule has 0 saturated carbocycles. The van der Waals surface area contributed by atoms with Crippen molar-refractivity contribution >= 4 is 10.9 Å². The van der Waals surface area contributed by atoms with Gasteiger partial charge in [0, 0.05) is 35.8 Å². The van der Waals surface area contributed by atoms with E-state index in [9.17, 15) is 0 Å². The van der Waals surface area contributed by atoms with Crippen molar-refractivity contribution in [2.75, 3.05) is 20.6 Å². The highest BCUT2D eigenvalue weighted by Crippen LogP contribution is 2.35. The van der Waals surface area contributed by atoms with Crippen LogP contribution in [0.25, 0.3) is 10.9 Å². The zero-order valence-electron chi connectivity index (χ0n) is 15.6. The molecule has 1 unspecified atom stereocenters. The average molecular weight is 333 g/mol. The maximum absolute atomic E-state index is 3.64. The predicted octanol–water partition coefficient (Wildman–Crippen LogP) is 4.20. The molecule has 0 saturated heterocycles. The van der Waals surface area contributed by atoms with Crippen LogP contribution in [0, 0.1) is 0 Å². The Morgan fingerprint density at radius 2 is 1.92 bits per heavy atom. The Hall–Kier alpha value is -2.10. The number of hydrogen-bond acceptors (Lipinski definition) is 2. The number of rotatable bonds is 3. The second-order valence-corrected chi connectivity index (χ2v) is 7.85. The van der Waals surface area contributed by atoms with Gasteiger partial charge in [0.2, 0.25) is 0 Å². The van der Waals surface area contributed by atoms with Gasteiger partial charge in [-0.15, -0.1) is 0 Å². The van der Waals surface area contributed by atoms with Gasteiger partial charge < -0.3 is 15.2 Å². The lowest BCUT2D eigenvalue weighted by Gasteiger charge is -2.34. The summed E-state index contributed by atoms with van der Waals surface area (Å²) >= 11 is 0. The van der Waals surface area contributed by atoms with E-state index in [1.807, 2.05) is 7.05 Å². The Balaban J connectivity index is 1.79. The first-order chi connectivity index (χ1) is 12.0. The van der Waals surface area contributed by atoms with Gasteiger partial charge in [-0.1, -0.05) is 36.4 Å². The van der Waals surface area contributed by atoms with E-state index in [0.717, 1.165) is 13.1 Å². The maximum Gasteiger partial charge on any atom is 0.0456 e. The molecule has 1 aliphatic rings. The number of hydrogen-bond donors (Lipinski definition) is 2. The van der Waals surface area contributed by atoms with Crippen molar-refractivity contribution in [3.63, 3.8) is 0 Å². The fraction of sp³-hybridized carbons (Fsp3) is 0.364. The van der Waals surface area contributed by atoms with Crippen molar-refractivity contribution in [1.82, 2.24) is 15.2 Å². The number of aromatic nitrogens is 1. The average Bonchev–Trinajstić information content (AvgIpc) is 3.04. The zero-order valence-corrected chi connectivity index (χ0v) is 15.6. The Kier molecular flexibility index (Phi) is 3.94. The van der Waals surface area contributed by atoms with Crippen LogP contribution in [0.2, 0.25) is 0 Å². The van der Waals surface area contributed by atoms with E-state index in [2.05, 4.69) is 84.6 Å². The summed E-state index contributed by atoms with van der Waals surface area (Å²) in [5.74, 6) is 0.396. The molecule has 0 radical (unpaired) electrons. The molecule has 3 heteroatoms. The molecule has 0 bridgehead atoms. The van der Waals surface area contributed by atoms with Crippen molar-refractivity contribution in [3.05, 3.63) is 70.9 Å². The third kappa shape index (κ3) is 2.88. The summed E-state index contributed by atoms with van der Waals surface area (Å²) in [6.07, 6.45) is 0. The van der Waals surface area contributed by atoms with Crippen LogP contribution in [-0.2, 0) is 12.1 Å². The molecule has 3 aromatic rings. The molecular formula is C22H27N3. The van der Waals surface area contributed by atoms with Gasteiger partial charge in [-0.3, -0.25) is 0 Å². The van der Waals surface area contributed by atoms with Crippen molar-refractivity contribution in [3.8, 4) is 0 Å². The SMILES string of the molecule is CNC(C)(C)c1ccc2c(c1)CN(C)CC2c1cc2ccccc2[nH]1. The minimum Gasteiger partial charge on any atom is -0.358 e. The van der Waals surface area contributed by atoms with E-state index in [4.69, 9.17) is 0 Å². The molecule has 2 N–H and O–H groups in total. The van der Waals surface area contributed by atoms with E-state index in [-0.39, 0.29) is 5.54 Å². The van der Waals surface area contributed by atoms with E-state index in [1.165, 1.54) is 33.3 Å². The molecule has 0 fully saturated rings. The molecule has 4 rings (SSSR count). The van der Waals surface area contributed by atoms with Gasteiger partial charge in [-0.2, -0.15) is 0 Å². The second-order valence-electron chi connectivity index (χ2n) is 7.85. The van der Waals surface area contributed by atoms with E-state index < -0.39 is 0 Å². The van der Waals surface area contributed by atoms with Crippen LogP contribution in [0.3, 0.4) is 0 Å². The third-order valence-corrected chi connectivity index (χ3v) is 5.73. The van der Waals surface area contributed by atoms with Gasteiger partial charge >= 0.3 is 0 Å². The van der Waals surface area contributed by atoms with Crippen molar-refractivity contribution < 1.29 is 0 Å². The molecular weight excluding hydrogens is 306 g/mol. The monoisotopic (exact) mass is 333 g/mol. The molecule has 25 heavy (non-hydrogen) atoms. The van der Waals surface area contributed by atoms with Crippen LogP contribution in [0.5, 0.6) is 0 Å². The van der Waals surface area contributed by atoms with Crippen LogP contribution in [0.4, 0.5) is 0 Å². The molecule has 2 heterocycles. The Bertz CT molecular complexity index is 874. The number of para-hydroxylation sites is 1. The first kappa shape index (κ1) is 16.4. The number of nitrogens with one attached hydrogen (secondary N) is 2. The van der Waals surface area contributed by atoms with Crippen LogP contribution in [0.15, 0.2) is 48.5 Å². The Morgan fingerprint density at radius 3 is 2.68 bits per heavy atom. The number of nitrogens with zero attached hydrogens (tertiary/aromatic N) is 1. The number of benzene rings is 2. The number of fused-ring (bicyclic) bond motifs is 2. The fourth-order valence-electron chi connectivity index (χ4n) is 3.93. The molecule has 0 amide bonds. The van der Waals surface area contributed by atoms with Crippen molar-refractivity contribution in [2.45, 2.75) is 31.8 Å². The molecule has 2 aromatic carbocycles. The summed E-state index contributed by atoms with van der Waals surface area (Å²) in [6, 6.07) is 17.9. The van der Waals surface area contributed by atoms with E-state index in [0.29, 0.717) is 5.92 Å².